The lowest BCUT2D eigenvalue weighted by Crippen LogP contribution is -2.30. The molecule has 0 aromatic carbocycles. The number of hydrogen-bond acceptors (Lipinski definition) is 5. The van der Waals surface area contributed by atoms with E-state index in [1.165, 1.54) is 0 Å². The Morgan fingerprint density at radius 3 is 2.35 bits per heavy atom. The molecule has 0 aliphatic rings. The highest BCUT2D eigenvalue weighted by Gasteiger charge is 2.13. The van der Waals surface area contributed by atoms with Crippen LogP contribution in [0.15, 0.2) is 10.8 Å². The molecule has 0 amide bonds. The molecule has 0 aliphatic carbocycles. The molecule has 20 heavy (non-hydrogen) atoms. The molecule has 0 saturated heterocycles. The van der Waals surface area contributed by atoms with E-state index >= 15 is 0 Å². The normalized spacial score (nSPS) is 10.9. The van der Waals surface area contributed by atoms with Crippen molar-refractivity contribution < 1.29 is 0 Å². The second-order valence-electron chi connectivity index (χ2n) is 4.57. The molecule has 114 valence electrons. The maximum Gasteiger partial charge on any atom is 0.148 e. The number of halogens is 1. The summed E-state index contributed by atoms with van der Waals surface area (Å²) in [5.74, 6) is 1.79. The van der Waals surface area contributed by atoms with Gasteiger partial charge in [-0.2, -0.15) is 0 Å². The van der Waals surface area contributed by atoms with Crippen LogP contribution < -0.4 is 10.2 Å². The summed E-state index contributed by atoms with van der Waals surface area (Å²) in [4.78, 5) is 13.3. The Labute approximate surface area is 130 Å². The molecule has 0 bridgehead atoms. The van der Waals surface area contributed by atoms with Gasteiger partial charge in [-0.1, -0.05) is 13.8 Å². The van der Waals surface area contributed by atoms with E-state index in [9.17, 15) is 0 Å². The van der Waals surface area contributed by atoms with Gasteiger partial charge < -0.3 is 15.1 Å². The zero-order valence-corrected chi connectivity index (χ0v) is 14.6. The van der Waals surface area contributed by atoms with Gasteiger partial charge >= 0.3 is 0 Å². The molecule has 0 saturated carbocycles. The third-order valence-electron chi connectivity index (χ3n) is 3.49. The number of anilines is 2. The predicted octanol–water partition coefficient (Wildman–Crippen LogP) is 2.84. The number of rotatable bonds is 9. The Hall–Kier alpha value is -0.880. The highest BCUT2D eigenvalue weighted by atomic mass is 79.9. The Bertz CT molecular complexity index is 395. The molecule has 0 aliphatic heterocycles. The summed E-state index contributed by atoms with van der Waals surface area (Å²) < 4.78 is 0.937. The van der Waals surface area contributed by atoms with Gasteiger partial charge in [-0.15, -0.1) is 0 Å². The summed E-state index contributed by atoms with van der Waals surface area (Å²) in [5, 5.41) is 3.07. The Balaban J connectivity index is 2.67. The third kappa shape index (κ3) is 4.59. The molecular weight excluding hydrogens is 318 g/mol. The predicted molar refractivity (Wildman–Crippen MR) is 89.6 cm³/mol. The van der Waals surface area contributed by atoms with Crippen LogP contribution in [0.2, 0.25) is 0 Å². The summed E-state index contributed by atoms with van der Waals surface area (Å²) in [5.41, 5.74) is 0. The van der Waals surface area contributed by atoms with Gasteiger partial charge in [0.15, 0.2) is 0 Å². The van der Waals surface area contributed by atoms with E-state index < -0.39 is 0 Å². The van der Waals surface area contributed by atoms with Crippen molar-refractivity contribution in [1.82, 2.24) is 14.9 Å². The highest BCUT2D eigenvalue weighted by molar-refractivity contribution is 9.10. The van der Waals surface area contributed by atoms with Crippen molar-refractivity contribution >= 4 is 27.6 Å². The van der Waals surface area contributed by atoms with E-state index in [-0.39, 0.29) is 0 Å². The van der Waals surface area contributed by atoms with Crippen molar-refractivity contribution in [2.75, 3.05) is 50.0 Å². The van der Waals surface area contributed by atoms with Gasteiger partial charge in [-0.05, 0) is 48.9 Å². The molecule has 1 aromatic rings. The molecule has 6 heteroatoms. The van der Waals surface area contributed by atoms with Crippen molar-refractivity contribution in [3.63, 3.8) is 0 Å². The second kappa shape index (κ2) is 9.13. The molecular formula is C14H26BrN5. The number of aromatic nitrogens is 2. The SMILES string of the molecule is CCN(CC)CCCN(CC)c1ncnc(NC)c1Br. The van der Waals surface area contributed by atoms with E-state index in [0.29, 0.717) is 0 Å². The fourth-order valence-corrected chi connectivity index (χ4v) is 2.85. The Morgan fingerprint density at radius 2 is 1.80 bits per heavy atom. The lowest BCUT2D eigenvalue weighted by atomic mass is 10.3. The van der Waals surface area contributed by atoms with Gasteiger partial charge in [-0.25, -0.2) is 9.97 Å². The van der Waals surface area contributed by atoms with Gasteiger partial charge in [0.05, 0.1) is 0 Å². The zero-order chi connectivity index (χ0) is 15.0. The first kappa shape index (κ1) is 17.2. The minimum Gasteiger partial charge on any atom is -0.372 e. The van der Waals surface area contributed by atoms with Crippen LogP contribution in [0, 0.1) is 0 Å². The minimum absolute atomic E-state index is 0.831. The van der Waals surface area contributed by atoms with Crippen molar-refractivity contribution in [2.24, 2.45) is 0 Å². The van der Waals surface area contributed by atoms with Gasteiger partial charge in [0.1, 0.15) is 22.4 Å². The van der Waals surface area contributed by atoms with Crippen molar-refractivity contribution in [2.45, 2.75) is 27.2 Å². The average Bonchev–Trinajstić information content (AvgIpc) is 2.48. The summed E-state index contributed by atoms with van der Waals surface area (Å²) in [6.07, 6.45) is 2.75. The van der Waals surface area contributed by atoms with E-state index in [4.69, 9.17) is 0 Å². The van der Waals surface area contributed by atoms with Crippen LogP contribution >= 0.6 is 15.9 Å². The summed E-state index contributed by atoms with van der Waals surface area (Å²) in [6, 6.07) is 0. The van der Waals surface area contributed by atoms with Gasteiger partial charge in [-0.3, -0.25) is 0 Å². The van der Waals surface area contributed by atoms with Gasteiger partial charge in [0.2, 0.25) is 0 Å². The van der Waals surface area contributed by atoms with Crippen LogP contribution in [0.3, 0.4) is 0 Å². The lowest BCUT2D eigenvalue weighted by molar-refractivity contribution is 0.300. The molecule has 1 heterocycles. The summed E-state index contributed by atoms with van der Waals surface area (Å²) in [7, 11) is 1.87. The van der Waals surface area contributed by atoms with E-state index in [0.717, 1.165) is 55.3 Å². The van der Waals surface area contributed by atoms with Crippen LogP contribution in [0.1, 0.15) is 27.2 Å². The monoisotopic (exact) mass is 343 g/mol. The summed E-state index contributed by atoms with van der Waals surface area (Å²) in [6.45, 7) is 11.9. The molecule has 0 unspecified atom stereocenters. The van der Waals surface area contributed by atoms with Crippen LogP contribution in [0.25, 0.3) is 0 Å². The minimum atomic E-state index is 0.831. The molecule has 0 atom stereocenters. The summed E-state index contributed by atoms with van der Waals surface area (Å²) >= 11 is 3.59. The van der Waals surface area contributed by atoms with Crippen molar-refractivity contribution in [1.29, 1.82) is 0 Å². The third-order valence-corrected chi connectivity index (χ3v) is 4.22. The highest BCUT2D eigenvalue weighted by Crippen LogP contribution is 2.29. The fourth-order valence-electron chi connectivity index (χ4n) is 2.19. The molecule has 0 fully saturated rings. The maximum absolute atomic E-state index is 4.41. The first-order valence-corrected chi connectivity index (χ1v) is 8.12. The molecule has 1 N–H and O–H groups in total. The first-order chi connectivity index (χ1) is 9.67. The van der Waals surface area contributed by atoms with Crippen LogP contribution in [-0.2, 0) is 0 Å². The average molecular weight is 344 g/mol. The molecule has 5 nitrogen and oxygen atoms in total. The lowest BCUT2D eigenvalue weighted by Gasteiger charge is -2.25. The second-order valence-corrected chi connectivity index (χ2v) is 5.36. The number of hydrogen-bond donors (Lipinski definition) is 1. The zero-order valence-electron chi connectivity index (χ0n) is 13.0. The number of nitrogens with one attached hydrogen (secondary N) is 1. The topological polar surface area (TPSA) is 44.3 Å². The van der Waals surface area contributed by atoms with E-state index in [2.05, 4.69) is 61.8 Å². The van der Waals surface area contributed by atoms with Crippen LogP contribution in [0.4, 0.5) is 11.6 Å². The Morgan fingerprint density at radius 1 is 1.10 bits per heavy atom. The quantitative estimate of drug-likeness (QED) is 0.746. The standard InChI is InChI=1S/C14H26BrN5/c1-5-19(6-2)9-8-10-20(7-3)14-12(15)13(16-4)17-11-18-14/h11H,5-10H2,1-4H3,(H,16,17,18). The number of nitrogens with zero attached hydrogens (tertiary/aromatic N) is 4. The Kier molecular flexibility index (Phi) is 7.84. The van der Waals surface area contributed by atoms with Crippen LogP contribution in [-0.4, -0.2) is 54.6 Å². The van der Waals surface area contributed by atoms with E-state index in [1.807, 2.05) is 7.05 Å². The molecule has 0 spiro atoms. The largest absolute Gasteiger partial charge is 0.372 e. The first-order valence-electron chi connectivity index (χ1n) is 7.33. The smallest absolute Gasteiger partial charge is 0.148 e. The maximum atomic E-state index is 4.41. The molecule has 1 rings (SSSR count). The van der Waals surface area contributed by atoms with Crippen molar-refractivity contribution in [3.05, 3.63) is 10.8 Å². The van der Waals surface area contributed by atoms with E-state index in [1.54, 1.807) is 6.33 Å². The molecule has 1 aromatic heterocycles. The van der Waals surface area contributed by atoms with Crippen molar-refractivity contribution in [3.8, 4) is 0 Å². The molecule has 0 radical (unpaired) electrons. The van der Waals surface area contributed by atoms with Gasteiger partial charge in [0, 0.05) is 20.1 Å². The van der Waals surface area contributed by atoms with Crippen LogP contribution in [0.5, 0.6) is 0 Å². The van der Waals surface area contributed by atoms with Gasteiger partial charge in [0.25, 0.3) is 0 Å². The fraction of sp³-hybridized carbons (Fsp3) is 0.714.